The highest BCUT2D eigenvalue weighted by Crippen LogP contribution is 2.07. The molecule has 0 fully saturated rings. The number of nitrogens with two attached hydrogens (primary N) is 1. The SMILES string of the molecule is Cc1c(N)cnn1CC(=O)NC(C)C. The van der Waals surface area contributed by atoms with E-state index in [1.165, 1.54) is 0 Å². The van der Waals surface area contributed by atoms with E-state index in [9.17, 15) is 4.79 Å². The van der Waals surface area contributed by atoms with Crippen LogP contribution >= 0.6 is 0 Å². The Balaban J connectivity index is 2.61. The molecule has 0 bridgehead atoms. The fourth-order valence-corrected chi connectivity index (χ4v) is 1.12. The van der Waals surface area contributed by atoms with Crippen molar-refractivity contribution in [2.24, 2.45) is 0 Å². The van der Waals surface area contributed by atoms with Gasteiger partial charge in [0.25, 0.3) is 0 Å². The molecule has 5 heteroatoms. The van der Waals surface area contributed by atoms with Crippen molar-refractivity contribution in [3.8, 4) is 0 Å². The molecular weight excluding hydrogens is 180 g/mol. The van der Waals surface area contributed by atoms with E-state index in [0.29, 0.717) is 5.69 Å². The van der Waals surface area contributed by atoms with E-state index in [1.54, 1.807) is 10.9 Å². The molecule has 0 unspecified atom stereocenters. The van der Waals surface area contributed by atoms with Crippen molar-refractivity contribution >= 4 is 11.6 Å². The first-order chi connectivity index (χ1) is 6.50. The number of hydrogen-bond donors (Lipinski definition) is 2. The van der Waals surface area contributed by atoms with E-state index < -0.39 is 0 Å². The Kier molecular flexibility index (Phi) is 3.11. The van der Waals surface area contributed by atoms with Crippen molar-refractivity contribution in [1.82, 2.24) is 15.1 Å². The Morgan fingerprint density at radius 2 is 2.36 bits per heavy atom. The van der Waals surface area contributed by atoms with Crippen LogP contribution in [0, 0.1) is 6.92 Å². The molecule has 0 atom stereocenters. The summed E-state index contributed by atoms with van der Waals surface area (Å²) < 4.78 is 1.59. The summed E-state index contributed by atoms with van der Waals surface area (Å²) in [5.41, 5.74) is 7.04. The van der Waals surface area contributed by atoms with E-state index in [4.69, 9.17) is 5.73 Å². The number of rotatable bonds is 3. The minimum absolute atomic E-state index is 0.0498. The lowest BCUT2D eigenvalue weighted by atomic mass is 10.4. The molecule has 5 nitrogen and oxygen atoms in total. The van der Waals surface area contributed by atoms with E-state index >= 15 is 0 Å². The minimum Gasteiger partial charge on any atom is -0.396 e. The molecule has 78 valence electrons. The third kappa shape index (κ3) is 2.48. The third-order valence-electron chi connectivity index (χ3n) is 1.88. The zero-order chi connectivity index (χ0) is 10.7. The quantitative estimate of drug-likeness (QED) is 0.730. The van der Waals surface area contributed by atoms with Gasteiger partial charge in [0, 0.05) is 6.04 Å². The van der Waals surface area contributed by atoms with Gasteiger partial charge in [0.1, 0.15) is 6.54 Å². The first-order valence-electron chi connectivity index (χ1n) is 4.58. The summed E-state index contributed by atoms with van der Waals surface area (Å²) in [6, 6.07) is 0.149. The van der Waals surface area contributed by atoms with Crippen LogP contribution < -0.4 is 11.1 Å². The molecule has 1 aromatic heterocycles. The van der Waals surface area contributed by atoms with Gasteiger partial charge in [-0.3, -0.25) is 9.48 Å². The minimum atomic E-state index is -0.0498. The molecule has 0 saturated heterocycles. The molecular formula is C9H16N4O. The van der Waals surface area contributed by atoms with Gasteiger partial charge in [-0.1, -0.05) is 0 Å². The van der Waals surface area contributed by atoms with Gasteiger partial charge >= 0.3 is 0 Å². The normalized spacial score (nSPS) is 10.6. The van der Waals surface area contributed by atoms with Crippen molar-refractivity contribution in [2.75, 3.05) is 5.73 Å². The van der Waals surface area contributed by atoms with Crippen LogP contribution in [-0.2, 0) is 11.3 Å². The predicted octanol–water partition coefficient (Wildman–Crippen LogP) is 0.298. The summed E-state index contributed by atoms with van der Waals surface area (Å²) in [5, 5.41) is 6.78. The van der Waals surface area contributed by atoms with Gasteiger partial charge in [0.2, 0.25) is 5.91 Å². The largest absolute Gasteiger partial charge is 0.396 e. The number of anilines is 1. The van der Waals surface area contributed by atoms with Crippen molar-refractivity contribution in [3.05, 3.63) is 11.9 Å². The summed E-state index contributed by atoms with van der Waals surface area (Å²) in [5.74, 6) is -0.0498. The first-order valence-corrected chi connectivity index (χ1v) is 4.58. The summed E-state index contributed by atoms with van der Waals surface area (Å²) in [4.78, 5) is 11.4. The standard InChI is InChI=1S/C9H16N4O/c1-6(2)12-9(14)5-13-7(3)8(10)4-11-13/h4,6H,5,10H2,1-3H3,(H,12,14). The van der Waals surface area contributed by atoms with Gasteiger partial charge in [0.05, 0.1) is 17.6 Å². The second kappa shape index (κ2) is 4.13. The predicted molar refractivity (Wildman–Crippen MR) is 54.7 cm³/mol. The van der Waals surface area contributed by atoms with E-state index in [2.05, 4.69) is 10.4 Å². The molecule has 0 spiro atoms. The number of nitrogens with zero attached hydrogens (tertiary/aromatic N) is 2. The second-order valence-electron chi connectivity index (χ2n) is 3.57. The highest BCUT2D eigenvalue weighted by molar-refractivity contribution is 5.76. The van der Waals surface area contributed by atoms with E-state index in [0.717, 1.165) is 5.69 Å². The van der Waals surface area contributed by atoms with Gasteiger partial charge in [0.15, 0.2) is 0 Å². The third-order valence-corrected chi connectivity index (χ3v) is 1.88. The van der Waals surface area contributed by atoms with Crippen LogP contribution in [0.15, 0.2) is 6.20 Å². The molecule has 0 saturated carbocycles. The number of nitrogens with one attached hydrogen (secondary N) is 1. The Hall–Kier alpha value is -1.52. The van der Waals surface area contributed by atoms with Crippen molar-refractivity contribution in [1.29, 1.82) is 0 Å². The van der Waals surface area contributed by atoms with Crippen LogP contribution in [0.3, 0.4) is 0 Å². The average Bonchev–Trinajstić information content (AvgIpc) is 2.34. The number of aromatic nitrogens is 2. The molecule has 0 aliphatic heterocycles. The monoisotopic (exact) mass is 196 g/mol. The Labute approximate surface area is 83.3 Å². The molecule has 0 aliphatic rings. The van der Waals surface area contributed by atoms with Crippen LogP contribution in [0.5, 0.6) is 0 Å². The van der Waals surface area contributed by atoms with E-state index in [1.807, 2.05) is 20.8 Å². The van der Waals surface area contributed by atoms with Gasteiger partial charge in [-0.05, 0) is 20.8 Å². The van der Waals surface area contributed by atoms with Gasteiger partial charge in [-0.2, -0.15) is 5.10 Å². The Morgan fingerprint density at radius 3 is 2.79 bits per heavy atom. The number of amides is 1. The molecule has 1 heterocycles. The maximum absolute atomic E-state index is 11.4. The molecule has 0 aliphatic carbocycles. The summed E-state index contributed by atoms with van der Waals surface area (Å²) >= 11 is 0. The summed E-state index contributed by atoms with van der Waals surface area (Å²) in [6.45, 7) is 5.90. The van der Waals surface area contributed by atoms with Crippen LogP contribution in [0.4, 0.5) is 5.69 Å². The lowest BCUT2D eigenvalue weighted by Gasteiger charge is -2.09. The van der Waals surface area contributed by atoms with Crippen molar-refractivity contribution in [2.45, 2.75) is 33.4 Å². The highest BCUT2D eigenvalue weighted by atomic mass is 16.2. The molecule has 0 aromatic carbocycles. The fourth-order valence-electron chi connectivity index (χ4n) is 1.12. The first kappa shape index (κ1) is 10.6. The maximum atomic E-state index is 11.4. The topological polar surface area (TPSA) is 72.9 Å². The lowest BCUT2D eigenvalue weighted by molar-refractivity contribution is -0.122. The molecule has 1 rings (SSSR count). The van der Waals surface area contributed by atoms with Crippen LogP contribution in [-0.4, -0.2) is 21.7 Å². The number of carbonyl (C=O) groups excluding carboxylic acids is 1. The van der Waals surface area contributed by atoms with Crippen LogP contribution in [0.1, 0.15) is 19.5 Å². The van der Waals surface area contributed by atoms with Gasteiger partial charge in [-0.25, -0.2) is 0 Å². The molecule has 1 amide bonds. The smallest absolute Gasteiger partial charge is 0.241 e. The van der Waals surface area contributed by atoms with Gasteiger partial charge in [-0.15, -0.1) is 0 Å². The molecule has 3 N–H and O–H groups in total. The van der Waals surface area contributed by atoms with E-state index in [-0.39, 0.29) is 18.5 Å². The second-order valence-corrected chi connectivity index (χ2v) is 3.57. The maximum Gasteiger partial charge on any atom is 0.241 e. The molecule has 1 aromatic rings. The van der Waals surface area contributed by atoms with Gasteiger partial charge < -0.3 is 11.1 Å². The number of carbonyl (C=O) groups is 1. The van der Waals surface area contributed by atoms with Crippen LogP contribution in [0.25, 0.3) is 0 Å². The highest BCUT2D eigenvalue weighted by Gasteiger charge is 2.08. The zero-order valence-corrected chi connectivity index (χ0v) is 8.74. The number of hydrogen-bond acceptors (Lipinski definition) is 3. The zero-order valence-electron chi connectivity index (χ0n) is 8.74. The van der Waals surface area contributed by atoms with Crippen LogP contribution in [0.2, 0.25) is 0 Å². The van der Waals surface area contributed by atoms with Crippen molar-refractivity contribution < 1.29 is 4.79 Å². The average molecular weight is 196 g/mol. The Morgan fingerprint density at radius 1 is 1.71 bits per heavy atom. The summed E-state index contributed by atoms with van der Waals surface area (Å²) in [6.07, 6.45) is 1.55. The Bertz CT molecular complexity index is 330. The van der Waals surface area contributed by atoms with Crippen molar-refractivity contribution in [3.63, 3.8) is 0 Å². The summed E-state index contributed by atoms with van der Waals surface area (Å²) in [7, 11) is 0. The fraction of sp³-hybridized carbons (Fsp3) is 0.556. The number of nitrogen functional groups attached to an aromatic ring is 1. The molecule has 0 radical (unpaired) electrons. The lowest BCUT2D eigenvalue weighted by Crippen LogP contribution is -2.33. The molecule has 14 heavy (non-hydrogen) atoms.